The van der Waals surface area contributed by atoms with Gasteiger partial charge in [0.05, 0.1) is 26.4 Å². The number of guanidine groups is 1. The second-order valence-electron chi connectivity index (χ2n) is 7.71. The van der Waals surface area contributed by atoms with E-state index in [4.69, 9.17) is 13.9 Å². The van der Waals surface area contributed by atoms with Crippen LogP contribution in [0.25, 0.3) is 0 Å². The number of oxazole rings is 1. The van der Waals surface area contributed by atoms with Crippen LogP contribution in [0.4, 0.5) is 0 Å². The largest absolute Gasteiger partial charge is 0.497 e. The highest BCUT2D eigenvalue weighted by Gasteiger charge is 2.19. The summed E-state index contributed by atoms with van der Waals surface area (Å²) in [7, 11) is 1.66. The maximum atomic E-state index is 5.85. The van der Waals surface area contributed by atoms with Crippen LogP contribution in [0.5, 0.6) is 5.75 Å². The summed E-state index contributed by atoms with van der Waals surface area (Å²) in [5.74, 6) is 3.07. The highest BCUT2D eigenvalue weighted by atomic mass is 127. The molecule has 0 atom stereocenters. The van der Waals surface area contributed by atoms with Gasteiger partial charge in [0.2, 0.25) is 5.89 Å². The molecule has 0 aliphatic heterocycles. The molecule has 1 aromatic carbocycles. The fraction of sp³-hybridized carbons (Fsp3) is 0.545. The Kier molecular flexibility index (Phi) is 11.8. The fourth-order valence-electron chi connectivity index (χ4n) is 2.50. The lowest BCUT2D eigenvalue weighted by Gasteiger charge is -2.14. The van der Waals surface area contributed by atoms with E-state index in [0.717, 1.165) is 43.3 Å². The van der Waals surface area contributed by atoms with Gasteiger partial charge in [0.1, 0.15) is 11.5 Å². The van der Waals surface area contributed by atoms with Crippen LogP contribution < -0.4 is 15.4 Å². The summed E-state index contributed by atoms with van der Waals surface area (Å²) in [6.07, 6.45) is 2.70. The van der Waals surface area contributed by atoms with Crippen LogP contribution in [0.1, 0.15) is 51.3 Å². The molecule has 0 aliphatic rings. The van der Waals surface area contributed by atoms with Gasteiger partial charge in [-0.3, -0.25) is 0 Å². The monoisotopic (exact) mass is 530 g/mol. The first-order chi connectivity index (χ1) is 13.9. The molecule has 0 amide bonds. The molecule has 2 N–H and O–H groups in total. The Morgan fingerprint density at radius 2 is 1.90 bits per heavy atom. The Balaban J connectivity index is 0.00000450. The molecule has 0 aliphatic carbocycles. The van der Waals surface area contributed by atoms with Crippen LogP contribution in [-0.2, 0) is 23.2 Å². The molecule has 0 spiro atoms. The maximum Gasteiger partial charge on any atom is 0.213 e. The minimum absolute atomic E-state index is 0. The zero-order valence-electron chi connectivity index (χ0n) is 18.7. The van der Waals surface area contributed by atoms with Gasteiger partial charge in [-0.25, -0.2) is 9.98 Å². The third-order valence-corrected chi connectivity index (χ3v) is 4.24. The molecule has 7 nitrogen and oxygen atoms in total. The van der Waals surface area contributed by atoms with Crippen molar-refractivity contribution in [2.24, 2.45) is 4.99 Å². The highest BCUT2D eigenvalue weighted by Crippen LogP contribution is 2.22. The second kappa shape index (κ2) is 13.5. The van der Waals surface area contributed by atoms with Gasteiger partial charge in [-0.15, -0.1) is 24.0 Å². The fourth-order valence-corrected chi connectivity index (χ4v) is 2.50. The average Bonchev–Trinajstić information content (AvgIpc) is 3.19. The van der Waals surface area contributed by atoms with Gasteiger partial charge in [-0.05, 0) is 31.0 Å². The average molecular weight is 530 g/mol. The number of ether oxygens (including phenoxy) is 2. The number of aromatic nitrogens is 1. The number of halogens is 1. The van der Waals surface area contributed by atoms with Crippen LogP contribution >= 0.6 is 24.0 Å². The molecule has 8 heteroatoms. The molecule has 0 radical (unpaired) electrons. The first-order valence-corrected chi connectivity index (χ1v) is 10.1. The van der Waals surface area contributed by atoms with Gasteiger partial charge >= 0.3 is 0 Å². The summed E-state index contributed by atoms with van der Waals surface area (Å²) in [5, 5.41) is 6.65. The topological polar surface area (TPSA) is 80.9 Å². The van der Waals surface area contributed by atoms with Crippen molar-refractivity contribution in [3.8, 4) is 5.75 Å². The predicted molar refractivity (Wildman–Crippen MR) is 131 cm³/mol. The summed E-state index contributed by atoms with van der Waals surface area (Å²) in [5.41, 5.74) is 1.04. The number of hydrogen-bond acceptors (Lipinski definition) is 5. The van der Waals surface area contributed by atoms with E-state index in [0.29, 0.717) is 24.9 Å². The summed E-state index contributed by atoms with van der Waals surface area (Å²) in [6.45, 7) is 11.6. The van der Waals surface area contributed by atoms with Crippen LogP contribution in [-0.4, -0.2) is 37.8 Å². The molecule has 1 aromatic heterocycles. The predicted octanol–water partition coefficient (Wildman–Crippen LogP) is 4.26. The van der Waals surface area contributed by atoms with E-state index < -0.39 is 0 Å². The molecule has 1 heterocycles. The van der Waals surface area contributed by atoms with E-state index in [-0.39, 0.29) is 29.4 Å². The Morgan fingerprint density at radius 1 is 1.17 bits per heavy atom. The number of rotatable bonds is 10. The van der Waals surface area contributed by atoms with Crippen molar-refractivity contribution in [3.05, 3.63) is 47.7 Å². The number of benzene rings is 1. The van der Waals surface area contributed by atoms with E-state index in [2.05, 4.69) is 41.4 Å². The summed E-state index contributed by atoms with van der Waals surface area (Å²) in [6, 6.07) is 7.90. The van der Waals surface area contributed by atoms with Crippen LogP contribution in [0, 0.1) is 0 Å². The second-order valence-corrected chi connectivity index (χ2v) is 7.71. The highest BCUT2D eigenvalue weighted by molar-refractivity contribution is 14.0. The zero-order chi connectivity index (χ0) is 21.1. The molecule has 168 valence electrons. The van der Waals surface area contributed by atoms with Crippen molar-refractivity contribution in [3.63, 3.8) is 0 Å². The molecule has 30 heavy (non-hydrogen) atoms. The van der Waals surface area contributed by atoms with Gasteiger partial charge in [-0.1, -0.05) is 32.9 Å². The minimum atomic E-state index is -0.0614. The summed E-state index contributed by atoms with van der Waals surface area (Å²) < 4.78 is 16.5. The molecule has 0 bridgehead atoms. The number of methoxy groups -OCH3 is 1. The van der Waals surface area contributed by atoms with Gasteiger partial charge in [0, 0.05) is 25.2 Å². The normalized spacial score (nSPS) is 11.7. The van der Waals surface area contributed by atoms with E-state index in [1.165, 1.54) is 0 Å². The third-order valence-electron chi connectivity index (χ3n) is 4.24. The number of hydrogen-bond donors (Lipinski definition) is 2. The lowest BCUT2D eigenvalue weighted by molar-refractivity contribution is 0.145. The molecular weight excluding hydrogens is 495 g/mol. The molecule has 2 rings (SSSR count). The molecule has 0 saturated carbocycles. The zero-order valence-corrected chi connectivity index (χ0v) is 21.0. The van der Waals surface area contributed by atoms with Gasteiger partial charge in [0.15, 0.2) is 5.96 Å². The SMILES string of the molecule is CCOCCCNC(=NCc1ccc(OC)cc1)NCc1ncc(C(C)(C)C)o1.I. The summed E-state index contributed by atoms with van der Waals surface area (Å²) >= 11 is 0. The third kappa shape index (κ3) is 9.34. The Labute approximate surface area is 197 Å². The van der Waals surface area contributed by atoms with E-state index in [1.807, 2.05) is 31.2 Å². The maximum absolute atomic E-state index is 5.85. The Bertz CT molecular complexity index is 754. The molecular formula is C22H35IN4O3. The van der Waals surface area contributed by atoms with Gasteiger partial charge in [0.25, 0.3) is 0 Å². The van der Waals surface area contributed by atoms with E-state index >= 15 is 0 Å². The molecule has 2 aromatic rings. The Morgan fingerprint density at radius 3 is 2.50 bits per heavy atom. The van der Waals surface area contributed by atoms with Crippen LogP contribution in [0.15, 0.2) is 39.9 Å². The molecule has 0 fully saturated rings. The number of nitrogens with zero attached hydrogens (tertiary/aromatic N) is 2. The van der Waals surface area contributed by atoms with Crippen molar-refractivity contribution in [1.82, 2.24) is 15.6 Å². The van der Waals surface area contributed by atoms with Crippen molar-refractivity contribution in [1.29, 1.82) is 0 Å². The summed E-state index contributed by atoms with van der Waals surface area (Å²) in [4.78, 5) is 9.05. The first-order valence-electron chi connectivity index (χ1n) is 10.1. The molecule has 0 unspecified atom stereocenters. The van der Waals surface area contributed by atoms with Crippen molar-refractivity contribution in [2.75, 3.05) is 26.9 Å². The van der Waals surface area contributed by atoms with E-state index in [1.54, 1.807) is 13.3 Å². The smallest absolute Gasteiger partial charge is 0.213 e. The minimum Gasteiger partial charge on any atom is -0.497 e. The Hall–Kier alpha value is -1.81. The van der Waals surface area contributed by atoms with Gasteiger partial charge in [-0.2, -0.15) is 0 Å². The standard InChI is InChI=1S/C22H34N4O3.HI/c1-6-28-13-7-12-23-21(25-14-17-8-10-18(27-5)11-9-17)26-16-20-24-15-19(29-20)22(2,3)4;/h8-11,15H,6-7,12-14,16H2,1-5H3,(H2,23,25,26);1H. The molecule has 0 saturated heterocycles. The van der Waals surface area contributed by atoms with Crippen molar-refractivity contribution >= 4 is 29.9 Å². The quantitative estimate of drug-likeness (QED) is 0.207. The van der Waals surface area contributed by atoms with Crippen molar-refractivity contribution in [2.45, 2.75) is 52.6 Å². The lowest BCUT2D eigenvalue weighted by Crippen LogP contribution is -2.38. The number of aliphatic imine (C=N–C) groups is 1. The van der Waals surface area contributed by atoms with Crippen LogP contribution in [0.2, 0.25) is 0 Å². The lowest BCUT2D eigenvalue weighted by atomic mass is 9.94. The number of nitrogens with one attached hydrogen (secondary N) is 2. The van der Waals surface area contributed by atoms with Crippen LogP contribution in [0.3, 0.4) is 0 Å². The first kappa shape index (κ1) is 26.2. The van der Waals surface area contributed by atoms with E-state index in [9.17, 15) is 0 Å². The van der Waals surface area contributed by atoms with Gasteiger partial charge < -0.3 is 24.5 Å². The van der Waals surface area contributed by atoms with Crippen molar-refractivity contribution < 1.29 is 13.9 Å².